The molecule has 3 rings (SSSR count). The average Bonchev–Trinajstić information content (AvgIpc) is 3.12. The van der Waals surface area contributed by atoms with Crippen molar-refractivity contribution in [3.8, 4) is 0 Å². The van der Waals surface area contributed by atoms with Crippen molar-refractivity contribution < 1.29 is 9.59 Å². The summed E-state index contributed by atoms with van der Waals surface area (Å²) in [6, 6.07) is 9.61. The number of amides is 2. The molecule has 0 radical (unpaired) electrons. The number of anilines is 1. The summed E-state index contributed by atoms with van der Waals surface area (Å²) in [4.78, 5) is 25.2. The minimum atomic E-state index is -0.213. The number of hydrogen-bond acceptors (Lipinski definition) is 4. The van der Waals surface area contributed by atoms with Crippen LogP contribution >= 0.6 is 27.7 Å². The first-order valence-corrected chi connectivity index (χ1v) is 8.99. The maximum absolute atomic E-state index is 12.1. The number of carbonyl (C=O) groups excluding carboxylic acids is 2. The van der Waals surface area contributed by atoms with Gasteiger partial charge in [0.2, 0.25) is 11.8 Å². The third-order valence-electron chi connectivity index (χ3n) is 3.42. The molecule has 2 amide bonds. The van der Waals surface area contributed by atoms with Crippen molar-refractivity contribution >= 4 is 45.3 Å². The number of rotatable bonds is 5. The Bertz CT molecular complexity index is 734. The molecule has 8 heteroatoms. The largest absolute Gasteiger partial charge is 0.323 e. The molecule has 120 valence electrons. The molecule has 23 heavy (non-hydrogen) atoms. The highest BCUT2D eigenvalue weighted by Crippen LogP contribution is 2.19. The van der Waals surface area contributed by atoms with E-state index in [1.54, 1.807) is 21.8 Å². The second-order valence-electron chi connectivity index (χ2n) is 5.08. The van der Waals surface area contributed by atoms with Crippen LogP contribution in [0.2, 0.25) is 0 Å². The van der Waals surface area contributed by atoms with Crippen LogP contribution in [0.3, 0.4) is 0 Å². The third kappa shape index (κ3) is 3.94. The Balaban J connectivity index is 1.65. The molecule has 1 aromatic carbocycles. The molecule has 1 N–H and O–H groups in total. The van der Waals surface area contributed by atoms with Crippen molar-refractivity contribution in [3.63, 3.8) is 0 Å². The van der Waals surface area contributed by atoms with Gasteiger partial charge in [-0.05, 0) is 11.6 Å². The summed E-state index contributed by atoms with van der Waals surface area (Å²) in [5, 5.41) is 7.07. The maximum Gasteiger partial charge on any atom is 0.245 e. The maximum atomic E-state index is 12.1. The van der Waals surface area contributed by atoms with Gasteiger partial charge in [0.1, 0.15) is 12.4 Å². The summed E-state index contributed by atoms with van der Waals surface area (Å²) >= 11 is 5.03. The molecule has 0 bridgehead atoms. The summed E-state index contributed by atoms with van der Waals surface area (Å²) in [6.45, 7) is 0.620. The Kier molecular flexibility index (Phi) is 5.02. The fourth-order valence-electron chi connectivity index (χ4n) is 2.25. The summed E-state index contributed by atoms with van der Waals surface area (Å²) < 4.78 is 2.71. The van der Waals surface area contributed by atoms with E-state index in [0.717, 1.165) is 10.0 Å². The standard InChI is InChI=1S/C15H15BrN4O2S/c16-12-4-2-1-3-11(12)7-20-13(5-6-17-20)18-14(21)8-19-10-23-9-15(19)22/h1-6H,7-10H2,(H,18,21). The molecule has 2 aromatic rings. The molecule has 0 unspecified atom stereocenters. The fraction of sp³-hybridized carbons (Fsp3) is 0.267. The first-order valence-electron chi connectivity index (χ1n) is 7.04. The van der Waals surface area contributed by atoms with Crippen LogP contribution in [0.1, 0.15) is 5.56 Å². The number of nitrogens with zero attached hydrogens (tertiary/aromatic N) is 3. The predicted molar refractivity (Wildman–Crippen MR) is 93.1 cm³/mol. The number of thioether (sulfide) groups is 1. The van der Waals surface area contributed by atoms with Crippen LogP contribution in [-0.2, 0) is 16.1 Å². The molecule has 0 spiro atoms. The third-order valence-corrected chi connectivity index (χ3v) is 5.14. The fourth-order valence-corrected chi connectivity index (χ4v) is 3.56. The highest BCUT2D eigenvalue weighted by molar-refractivity contribution is 9.10. The lowest BCUT2D eigenvalue weighted by Gasteiger charge is -2.15. The number of nitrogens with one attached hydrogen (secondary N) is 1. The van der Waals surface area contributed by atoms with Crippen molar-refractivity contribution in [2.24, 2.45) is 0 Å². The number of hydrogen-bond donors (Lipinski definition) is 1. The summed E-state index contributed by atoms with van der Waals surface area (Å²) in [5.74, 6) is 1.43. The molecule has 1 aromatic heterocycles. The van der Waals surface area contributed by atoms with Crippen molar-refractivity contribution in [2.45, 2.75) is 6.54 Å². The highest BCUT2D eigenvalue weighted by Gasteiger charge is 2.23. The van der Waals surface area contributed by atoms with Crippen molar-refractivity contribution in [2.75, 3.05) is 23.5 Å². The molecule has 1 saturated heterocycles. The molecule has 0 atom stereocenters. The van der Waals surface area contributed by atoms with Gasteiger partial charge in [0.05, 0.1) is 24.4 Å². The van der Waals surface area contributed by atoms with E-state index in [0.29, 0.717) is 24.0 Å². The van der Waals surface area contributed by atoms with Crippen LogP contribution in [0.25, 0.3) is 0 Å². The van der Waals surface area contributed by atoms with Gasteiger partial charge in [-0.1, -0.05) is 34.1 Å². The van der Waals surface area contributed by atoms with Gasteiger partial charge in [-0.25, -0.2) is 4.68 Å². The van der Waals surface area contributed by atoms with Crippen LogP contribution in [0.5, 0.6) is 0 Å². The first kappa shape index (κ1) is 16.1. The minimum Gasteiger partial charge on any atom is -0.323 e. The lowest BCUT2D eigenvalue weighted by molar-refractivity contribution is -0.130. The average molecular weight is 395 g/mol. The monoisotopic (exact) mass is 394 g/mol. The Morgan fingerprint density at radius 1 is 1.35 bits per heavy atom. The van der Waals surface area contributed by atoms with Crippen LogP contribution in [0, 0.1) is 0 Å². The Morgan fingerprint density at radius 2 is 2.17 bits per heavy atom. The van der Waals surface area contributed by atoms with Gasteiger partial charge in [0.15, 0.2) is 0 Å². The predicted octanol–water partition coefficient (Wildman–Crippen LogP) is 2.17. The Hall–Kier alpha value is -1.80. The molecule has 1 aliphatic rings. The van der Waals surface area contributed by atoms with Gasteiger partial charge >= 0.3 is 0 Å². The summed E-state index contributed by atoms with van der Waals surface area (Å²) in [5.41, 5.74) is 1.07. The molecule has 0 aliphatic carbocycles. The van der Waals surface area contributed by atoms with E-state index >= 15 is 0 Å². The molecule has 1 aliphatic heterocycles. The van der Waals surface area contributed by atoms with E-state index in [1.807, 2.05) is 24.3 Å². The van der Waals surface area contributed by atoms with E-state index in [2.05, 4.69) is 26.3 Å². The first-order chi connectivity index (χ1) is 11.1. The number of carbonyl (C=O) groups is 2. The zero-order chi connectivity index (χ0) is 16.2. The van der Waals surface area contributed by atoms with Crippen molar-refractivity contribution in [3.05, 3.63) is 46.6 Å². The molecule has 2 heterocycles. The van der Waals surface area contributed by atoms with Crippen LogP contribution in [-0.4, -0.2) is 44.7 Å². The zero-order valence-electron chi connectivity index (χ0n) is 12.2. The van der Waals surface area contributed by atoms with Gasteiger partial charge in [-0.15, -0.1) is 11.8 Å². The number of aromatic nitrogens is 2. The van der Waals surface area contributed by atoms with E-state index in [9.17, 15) is 9.59 Å². The lowest BCUT2D eigenvalue weighted by Crippen LogP contribution is -2.34. The quantitative estimate of drug-likeness (QED) is 0.843. The molecule has 0 saturated carbocycles. The second-order valence-corrected chi connectivity index (χ2v) is 6.89. The highest BCUT2D eigenvalue weighted by atomic mass is 79.9. The minimum absolute atomic E-state index is 0.00636. The molecular weight excluding hydrogens is 380 g/mol. The van der Waals surface area contributed by atoms with Crippen LogP contribution in [0.15, 0.2) is 41.0 Å². The van der Waals surface area contributed by atoms with Gasteiger partial charge < -0.3 is 10.2 Å². The Morgan fingerprint density at radius 3 is 2.91 bits per heavy atom. The lowest BCUT2D eigenvalue weighted by atomic mass is 10.2. The molecule has 1 fully saturated rings. The SMILES string of the molecule is O=C(CN1CSCC1=O)Nc1ccnn1Cc1ccccc1Br. The van der Waals surface area contributed by atoms with E-state index in [4.69, 9.17) is 0 Å². The summed E-state index contributed by atoms with van der Waals surface area (Å²) in [6.07, 6.45) is 1.64. The number of halogens is 1. The smallest absolute Gasteiger partial charge is 0.245 e. The van der Waals surface area contributed by atoms with Gasteiger partial charge in [-0.2, -0.15) is 5.10 Å². The van der Waals surface area contributed by atoms with E-state index < -0.39 is 0 Å². The van der Waals surface area contributed by atoms with Gasteiger partial charge in [-0.3, -0.25) is 9.59 Å². The zero-order valence-corrected chi connectivity index (χ0v) is 14.6. The normalized spacial score (nSPS) is 14.3. The van der Waals surface area contributed by atoms with Crippen molar-refractivity contribution in [1.29, 1.82) is 0 Å². The van der Waals surface area contributed by atoms with E-state index in [1.165, 1.54) is 11.8 Å². The van der Waals surface area contributed by atoms with Crippen LogP contribution in [0.4, 0.5) is 5.82 Å². The van der Waals surface area contributed by atoms with Crippen molar-refractivity contribution in [1.82, 2.24) is 14.7 Å². The summed E-state index contributed by atoms with van der Waals surface area (Å²) in [7, 11) is 0. The second kappa shape index (κ2) is 7.18. The molecule has 6 nitrogen and oxygen atoms in total. The number of benzene rings is 1. The topological polar surface area (TPSA) is 67.2 Å². The van der Waals surface area contributed by atoms with Gasteiger partial charge in [0.25, 0.3) is 0 Å². The van der Waals surface area contributed by atoms with Crippen LogP contribution < -0.4 is 5.32 Å². The van der Waals surface area contributed by atoms with E-state index in [-0.39, 0.29) is 18.4 Å². The molecular formula is C15H15BrN4O2S. The Labute approximate surface area is 146 Å². The van der Waals surface area contributed by atoms with Gasteiger partial charge in [0, 0.05) is 10.5 Å².